The molecule has 0 aromatic heterocycles. The molecule has 9 heteroatoms. The van der Waals surface area contributed by atoms with E-state index in [2.05, 4.69) is 5.32 Å². The van der Waals surface area contributed by atoms with Crippen LogP contribution in [-0.2, 0) is 11.2 Å². The van der Waals surface area contributed by atoms with E-state index in [1.54, 1.807) is 0 Å². The van der Waals surface area contributed by atoms with E-state index in [4.69, 9.17) is 15.3 Å². The smallest absolute Gasteiger partial charge is 0.256 e. The second-order valence-electron chi connectivity index (χ2n) is 4.74. The summed E-state index contributed by atoms with van der Waals surface area (Å²) in [7, 11) is 0. The average molecular weight is 329 g/mol. The number of carbonyl (C=O) groups is 1. The molecule has 1 rings (SSSR count). The number of phenols is 2. The molecule has 1 aromatic rings. The van der Waals surface area contributed by atoms with Gasteiger partial charge in [0, 0.05) is 6.54 Å². The molecule has 23 heavy (non-hydrogen) atoms. The second kappa shape index (κ2) is 8.22. The number of benzene rings is 1. The molecule has 0 aliphatic rings. The molecule has 1 amide bonds. The minimum absolute atomic E-state index is 0.0384. The number of hydrogen-bond acceptors (Lipinski definition) is 8. The Balaban J connectivity index is 2.57. The maximum absolute atomic E-state index is 11.6. The molecule has 0 fully saturated rings. The van der Waals surface area contributed by atoms with Gasteiger partial charge in [0.2, 0.25) is 0 Å². The van der Waals surface area contributed by atoms with E-state index >= 15 is 0 Å². The van der Waals surface area contributed by atoms with Gasteiger partial charge in [0.15, 0.2) is 29.1 Å². The van der Waals surface area contributed by atoms with Crippen LogP contribution in [0.3, 0.4) is 0 Å². The second-order valence-corrected chi connectivity index (χ2v) is 4.74. The zero-order chi connectivity index (χ0) is 17.6. The first-order valence-corrected chi connectivity index (χ1v) is 6.65. The zero-order valence-corrected chi connectivity index (χ0v) is 12.0. The Morgan fingerprint density at radius 2 is 1.74 bits per heavy atom. The summed E-state index contributed by atoms with van der Waals surface area (Å²) < 4.78 is 0. The predicted molar refractivity (Wildman–Crippen MR) is 77.9 cm³/mol. The molecular weight excluding hydrogens is 310 g/mol. The first-order chi connectivity index (χ1) is 10.8. The van der Waals surface area contributed by atoms with Crippen molar-refractivity contribution in [3.63, 3.8) is 0 Å². The van der Waals surface area contributed by atoms with E-state index in [0.717, 1.165) is 0 Å². The molecule has 0 spiro atoms. The summed E-state index contributed by atoms with van der Waals surface area (Å²) in [5.41, 5.74) is 0.605. The summed E-state index contributed by atoms with van der Waals surface area (Å²) in [5, 5.41) is 66.7. The predicted octanol–water partition coefficient (Wildman–Crippen LogP) is -1.20. The van der Waals surface area contributed by atoms with Crippen molar-refractivity contribution in [1.82, 2.24) is 5.32 Å². The van der Waals surface area contributed by atoms with Gasteiger partial charge in [0.1, 0.15) is 6.10 Å². The molecule has 1 aromatic carbocycles. The molecule has 2 atom stereocenters. The van der Waals surface area contributed by atoms with Gasteiger partial charge >= 0.3 is 0 Å². The number of aliphatic hydroxyl groups is 5. The van der Waals surface area contributed by atoms with Crippen molar-refractivity contribution in [1.29, 1.82) is 0 Å². The van der Waals surface area contributed by atoms with Gasteiger partial charge in [-0.1, -0.05) is 6.07 Å². The van der Waals surface area contributed by atoms with E-state index in [9.17, 15) is 25.2 Å². The van der Waals surface area contributed by atoms with Crippen LogP contribution in [0.4, 0.5) is 0 Å². The van der Waals surface area contributed by atoms with Crippen molar-refractivity contribution in [2.75, 3.05) is 13.2 Å². The van der Waals surface area contributed by atoms with Crippen LogP contribution in [0.2, 0.25) is 0 Å². The van der Waals surface area contributed by atoms with Crippen molar-refractivity contribution in [2.45, 2.75) is 18.6 Å². The summed E-state index contributed by atoms with van der Waals surface area (Å²) in [6.45, 7) is -0.856. The molecule has 0 aliphatic carbocycles. The number of carbonyl (C=O) groups excluding carboxylic acids is 1. The van der Waals surface area contributed by atoms with E-state index in [0.29, 0.717) is 5.56 Å². The maximum Gasteiger partial charge on any atom is 0.256 e. The fourth-order valence-corrected chi connectivity index (χ4v) is 1.67. The van der Waals surface area contributed by atoms with Gasteiger partial charge in [-0.15, -0.1) is 0 Å². The Morgan fingerprint density at radius 3 is 2.30 bits per heavy atom. The Labute approximate surface area is 131 Å². The summed E-state index contributed by atoms with van der Waals surface area (Å²) in [6.07, 6.45) is -3.65. The van der Waals surface area contributed by atoms with E-state index in [-0.39, 0.29) is 24.5 Å². The SMILES string of the molecule is O=C(NCCc1ccc(O)c(O)c1)C(O)/C(O)=C(\O)C(O)CO. The van der Waals surface area contributed by atoms with Crippen LogP contribution < -0.4 is 5.32 Å². The van der Waals surface area contributed by atoms with E-state index in [1.807, 2.05) is 0 Å². The van der Waals surface area contributed by atoms with Crippen molar-refractivity contribution >= 4 is 5.91 Å². The third-order valence-corrected chi connectivity index (χ3v) is 3.01. The highest BCUT2D eigenvalue weighted by molar-refractivity contribution is 5.83. The zero-order valence-electron chi connectivity index (χ0n) is 12.0. The standard InChI is InChI=1S/C14H19NO8/c16-6-10(19)11(20)12(21)13(22)14(23)15-4-3-7-1-2-8(17)9(18)5-7/h1-2,5,10,13,16-22H,3-4,6H2,(H,15,23)/b12-11+. The van der Waals surface area contributed by atoms with Gasteiger partial charge in [-0.2, -0.15) is 0 Å². The summed E-state index contributed by atoms with van der Waals surface area (Å²) >= 11 is 0. The lowest BCUT2D eigenvalue weighted by Gasteiger charge is -2.14. The summed E-state index contributed by atoms with van der Waals surface area (Å²) in [5.74, 6) is -3.87. The molecule has 0 aliphatic heterocycles. The fourth-order valence-electron chi connectivity index (χ4n) is 1.67. The lowest BCUT2D eigenvalue weighted by Crippen LogP contribution is -2.38. The number of aliphatic hydroxyl groups excluding tert-OH is 5. The highest BCUT2D eigenvalue weighted by atomic mass is 16.4. The van der Waals surface area contributed by atoms with Crippen LogP contribution in [0.15, 0.2) is 29.7 Å². The number of amides is 1. The molecular formula is C14H19NO8. The van der Waals surface area contributed by atoms with Gasteiger partial charge in [-0.05, 0) is 24.1 Å². The average Bonchev–Trinajstić information content (AvgIpc) is 2.55. The van der Waals surface area contributed by atoms with Crippen LogP contribution in [0.5, 0.6) is 11.5 Å². The molecule has 0 heterocycles. The van der Waals surface area contributed by atoms with Gasteiger partial charge in [0.05, 0.1) is 6.61 Å². The lowest BCUT2D eigenvalue weighted by atomic mass is 10.1. The Kier molecular flexibility index (Phi) is 6.64. The first kappa shape index (κ1) is 18.6. The topological polar surface area (TPSA) is 171 Å². The molecule has 0 saturated carbocycles. The van der Waals surface area contributed by atoms with Crippen LogP contribution in [0.1, 0.15) is 5.56 Å². The number of phenolic OH excluding ortho intramolecular Hbond substituents is 2. The van der Waals surface area contributed by atoms with Crippen LogP contribution in [0, 0.1) is 0 Å². The van der Waals surface area contributed by atoms with Crippen molar-refractivity contribution in [3.8, 4) is 11.5 Å². The van der Waals surface area contributed by atoms with Crippen molar-refractivity contribution < 1.29 is 40.5 Å². The number of aromatic hydroxyl groups is 2. The lowest BCUT2D eigenvalue weighted by molar-refractivity contribution is -0.129. The molecule has 0 saturated heterocycles. The Morgan fingerprint density at radius 1 is 1.09 bits per heavy atom. The quantitative estimate of drug-likeness (QED) is 0.228. The molecule has 2 unspecified atom stereocenters. The minimum Gasteiger partial charge on any atom is -0.506 e. The van der Waals surface area contributed by atoms with E-state index < -0.39 is 36.2 Å². The summed E-state index contributed by atoms with van der Waals surface area (Å²) in [6, 6.07) is 4.11. The molecule has 8 N–H and O–H groups in total. The van der Waals surface area contributed by atoms with E-state index in [1.165, 1.54) is 18.2 Å². The van der Waals surface area contributed by atoms with Crippen molar-refractivity contribution in [3.05, 3.63) is 35.3 Å². The summed E-state index contributed by atoms with van der Waals surface area (Å²) in [4.78, 5) is 11.6. The largest absolute Gasteiger partial charge is 0.506 e. The number of hydrogen-bond donors (Lipinski definition) is 8. The van der Waals surface area contributed by atoms with Gasteiger partial charge in [-0.25, -0.2) is 0 Å². The third-order valence-electron chi connectivity index (χ3n) is 3.01. The monoisotopic (exact) mass is 329 g/mol. The fraction of sp³-hybridized carbons (Fsp3) is 0.357. The molecule has 0 radical (unpaired) electrons. The highest BCUT2D eigenvalue weighted by Crippen LogP contribution is 2.24. The number of rotatable bonds is 7. The normalized spacial score (nSPS) is 14.7. The third kappa shape index (κ3) is 5.02. The van der Waals surface area contributed by atoms with Crippen LogP contribution in [-0.4, -0.2) is 67.0 Å². The Hall–Kier alpha value is -2.49. The molecule has 128 valence electrons. The van der Waals surface area contributed by atoms with Gasteiger partial charge < -0.3 is 41.1 Å². The highest BCUT2D eigenvalue weighted by Gasteiger charge is 2.25. The van der Waals surface area contributed by atoms with Gasteiger partial charge in [0.25, 0.3) is 5.91 Å². The van der Waals surface area contributed by atoms with Crippen molar-refractivity contribution in [2.24, 2.45) is 0 Å². The van der Waals surface area contributed by atoms with Crippen LogP contribution in [0.25, 0.3) is 0 Å². The minimum atomic E-state index is -2.11. The Bertz CT molecular complexity index is 586. The first-order valence-electron chi connectivity index (χ1n) is 6.65. The molecule has 9 nitrogen and oxygen atoms in total. The van der Waals surface area contributed by atoms with Crippen LogP contribution >= 0.6 is 0 Å². The number of nitrogens with one attached hydrogen (secondary N) is 1. The maximum atomic E-state index is 11.6. The molecule has 0 bridgehead atoms. The van der Waals surface area contributed by atoms with Gasteiger partial charge in [-0.3, -0.25) is 4.79 Å².